The van der Waals surface area contributed by atoms with Gasteiger partial charge in [0.25, 0.3) is 0 Å². The van der Waals surface area contributed by atoms with Gasteiger partial charge >= 0.3 is 0 Å². The maximum Gasteiger partial charge on any atom is 0.224 e. The van der Waals surface area contributed by atoms with E-state index in [2.05, 4.69) is 5.32 Å². The molecule has 1 unspecified atom stereocenters. The first-order valence-electron chi connectivity index (χ1n) is 8.25. The predicted molar refractivity (Wildman–Crippen MR) is 91.9 cm³/mol. The molecule has 1 aliphatic heterocycles. The van der Waals surface area contributed by atoms with Crippen LogP contribution in [0.4, 0.5) is 5.69 Å². The molecule has 5 heteroatoms. The number of fused-ring (bicyclic) bond motifs is 1. The van der Waals surface area contributed by atoms with Gasteiger partial charge in [0.2, 0.25) is 5.91 Å². The van der Waals surface area contributed by atoms with E-state index in [0.717, 1.165) is 16.8 Å². The molecule has 0 saturated carbocycles. The Bertz CT molecular complexity index is 703. The molecule has 2 N–H and O–H groups in total. The minimum atomic E-state index is -0.450. The molecule has 1 aliphatic rings. The third-order valence-electron chi connectivity index (χ3n) is 4.14. The van der Waals surface area contributed by atoms with E-state index in [0.29, 0.717) is 31.6 Å². The van der Waals surface area contributed by atoms with Crippen molar-refractivity contribution < 1.29 is 14.7 Å². The zero-order valence-electron chi connectivity index (χ0n) is 13.7. The third kappa shape index (κ3) is 3.75. The first-order chi connectivity index (χ1) is 11.7. The lowest BCUT2D eigenvalue weighted by atomic mass is 10.0. The summed E-state index contributed by atoms with van der Waals surface area (Å²) in [6.45, 7) is 2.36. The van der Waals surface area contributed by atoms with Crippen molar-refractivity contribution in [1.29, 1.82) is 0 Å². The van der Waals surface area contributed by atoms with E-state index in [9.17, 15) is 10.0 Å². The molecule has 3 rings (SSSR count). The van der Waals surface area contributed by atoms with E-state index in [-0.39, 0.29) is 5.91 Å². The van der Waals surface area contributed by atoms with Gasteiger partial charge in [-0.2, -0.15) is 0 Å². The quantitative estimate of drug-likeness (QED) is 0.629. The van der Waals surface area contributed by atoms with Gasteiger partial charge in [0, 0.05) is 17.7 Å². The maximum absolute atomic E-state index is 11.5. The highest BCUT2D eigenvalue weighted by molar-refractivity contribution is 5.94. The molecule has 0 aromatic heterocycles. The van der Waals surface area contributed by atoms with Gasteiger partial charge in [-0.3, -0.25) is 4.79 Å². The Labute approximate surface area is 141 Å². The Morgan fingerprint density at radius 3 is 2.71 bits per heavy atom. The predicted octanol–water partition coefficient (Wildman–Crippen LogP) is 3.58. The average Bonchev–Trinajstić information content (AvgIpc) is 2.60. The van der Waals surface area contributed by atoms with Crippen molar-refractivity contribution in [2.45, 2.75) is 39.0 Å². The van der Waals surface area contributed by atoms with Gasteiger partial charge in [-0.05, 0) is 30.5 Å². The first-order valence-corrected chi connectivity index (χ1v) is 8.25. The molecule has 1 heterocycles. The zero-order chi connectivity index (χ0) is 16.9. The maximum atomic E-state index is 11.5. The van der Waals surface area contributed by atoms with Crippen LogP contribution in [0.2, 0.25) is 0 Å². The average molecular weight is 326 g/mol. The van der Waals surface area contributed by atoms with E-state index in [1.807, 2.05) is 55.5 Å². The highest BCUT2D eigenvalue weighted by Gasteiger charge is 2.22. The fourth-order valence-electron chi connectivity index (χ4n) is 2.88. The lowest BCUT2D eigenvalue weighted by Crippen LogP contribution is -2.36. The molecule has 1 amide bonds. The molecular weight excluding hydrogens is 304 g/mol. The van der Waals surface area contributed by atoms with Gasteiger partial charge in [0.15, 0.2) is 6.23 Å². The number of carbonyl (C=O) groups is 1. The van der Waals surface area contributed by atoms with Crippen LogP contribution in [0, 0.1) is 0 Å². The van der Waals surface area contributed by atoms with Gasteiger partial charge in [-0.25, -0.2) is 0 Å². The molecule has 126 valence electrons. The Hall–Kier alpha value is -2.37. The van der Waals surface area contributed by atoms with Gasteiger partial charge in [-0.1, -0.05) is 43.3 Å². The van der Waals surface area contributed by atoms with Gasteiger partial charge in [0.1, 0.15) is 5.75 Å². The number of nitrogens with one attached hydrogen (secondary N) is 1. The number of rotatable bonds is 6. The van der Waals surface area contributed by atoms with Crippen molar-refractivity contribution >= 4 is 11.6 Å². The second-order valence-electron chi connectivity index (χ2n) is 5.89. The van der Waals surface area contributed by atoms with E-state index in [1.54, 1.807) is 0 Å². The van der Waals surface area contributed by atoms with Crippen LogP contribution >= 0.6 is 0 Å². The fraction of sp³-hybridized carbons (Fsp3) is 0.316. The number of benzene rings is 2. The highest BCUT2D eigenvalue weighted by atomic mass is 16.6. The van der Waals surface area contributed by atoms with Crippen LogP contribution in [0.5, 0.6) is 5.75 Å². The van der Waals surface area contributed by atoms with Crippen LogP contribution < -0.4 is 10.1 Å². The van der Waals surface area contributed by atoms with Crippen LogP contribution in [0.3, 0.4) is 0 Å². The summed E-state index contributed by atoms with van der Waals surface area (Å²) in [5.41, 5.74) is 2.80. The number of hydrogen-bond acceptors (Lipinski definition) is 4. The summed E-state index contributed by atoms with van der Waals surface area (Å²) in [6.07, 6.45) is 1.29. The molecule has 2 aromatic rings. The first kappa shape index (κ1) is 16.5. The van der Waals surface area contributed by atoms with E-state index < -0.39 is 6.23 Å². The smallest absolute Gasteiger partial charge is 0.224 e. The molecule has 24 heavy (non-hydrogen) atoms. The number of amides is 1. The summed E-state index contributed by atoms with van der Waals surface area (Å²) >= 11 is 0. The topological polar surface area (TPSA) is 61.8 Å². The summed E-state index contributed by atoms with van der Waals surface area (Å²) < 4.78 is 6.06. The van der Waals surface area contributed by atoms with Crippen molar-refractivity contribution in [3.05, 3.63) is 59.7 Å². The third-order valence-corrected chi connectivity index (χ3v) is 4.14. The molecular formula is C19H22N2O3. The fourth-order valence-corrected chi connectivity index (χ4v) is 2.88. The second-order valence-corrected chi connectivity index (χ2v) is 5.89. The van der Waals surface area contributed by atoms with E-state index in [4.69, 9.17) is 4.74 Å². The lowest BCUT2D eigenvalue weighted by Gasteiger charge is -2.28. The Morgan fingerprint density at radius 2 is 1.96 bits per heavy atom. The molecule has 0 aliphatic carbocycles. The molecule has 0 radical (unpaired) electrons. The second kappa shape index (κ2) is 7.47. The van der Waals surface area contributed by atoms with Gasteiger partial charge in [-0.15, -0.1) is 5.06 Å². The molecule has 0 bridgehead atoms. The standard InChI is InChI=1S/C19H22N2O3/c1-2-19(21(23)13-14-7-4-3-5-8-14)24-17-10-6-9-16-15(17)11-12-18(22)20-16/h3-10,19,23H,2,11-13H2,1H3,(H,20,22). The molecule has 0 fully saturated rings. The van der Waals surface area contributed by atoms with Crippen molar-refractivity contribution in [1.82, 2.24) is 5.06 Å². The summed E-state index contributed by atoms with van der Waals surface area (Å²) in [4.78, 5) is 11.5. The normalized spacial score (nSPS) is 14.9. The largest absolute Gasteiger partial charge is 0.473 e. The zero-order valence-corrected chi connectivity index (χ0v) is 13.7. The molecule has 2 aromatic carbocycles. The van der Waals surface area contributed by atoms with Crippen molar-refractivity contribution in [3.8, 4) is 5.75 Å². The van der Waals surface area contributed by atoms with E-state index in [1.165, 1.54) is 5.06 Å². The number of anilines is 1. The summed E-state index contributed by atoms with van der Waals surface area (Å²) in [5, 5.41) is 14.5. The van der Waals surface area contributed by atoms with Crippen molar-refractivity contribution in [3.63, 3.8) is 0 Å². The van der Waals surface area contributed by atoms with Crippen LogP contribution in [0.1, 0.15) is 30.9 Å². The molecule has 5 nitrogen and oxygen atoms in total. The summed E-state index contributed by atoms with van der Waals surface area (Å²) in [7, 11) is 0. The minimum Gasteiger partial charge on any atom is -0.473 e. The van der Waals surface area contributed by atoms with Crippen molar-refractivity contribution in [2.24, 2.45) is 0 Å². The highest BCUT2D eigenvalue weighted by Crippen LogP contribution is 2.32. The van der Waals surface area contributed by atoms with Crippen LogP contribution in [-0.4, -0.2) is 22.4 Å². The molecule has 0 spiro atoms. The van der Waals surface area contributed by atoms with Crippen molar-refractivity contribution in [2.75, 3.05) is 5.32 Å². The van der Waals surface area contributed by atoms with Gasteiger partial charge in [0.05, 0.1) is 6.54 Å². The Morgan fingerprint density at radius 1 is 1.17 bits per heavy atom. The Kier molecular flexibility index (Phi) is 5.13. The van der Waals surface area contributed by atoms with Crippen LogP contribution in [0.25, 0.3) is 0 Å². The number of nitrogens with zero attached hydrogens (tertiary/aromatic N) is 1. The van der Waals surface area contributed by atoms with E-state index >= 15 is 0 Å². The molecule has 0 saturated heterocycles. The molecule has 1 atom stereocenters. The Balaban J connectivity index is 1.74. The number of ether oxygens (including phenoxy) is 1. The number of hydrogen-bond donors (Lipinski definition) is 2. The van der Waals surface area contributed by atoms with Gasteiger partial charge < -0.3 is 15.3 Å². The van der Waals surface area contributed by atoms with Crippen LogP contribution in [0.15, 0.2) is 48.5 Å². The minimum absolute atomic E-state index is 0.0274. The SMILES string of the molecule is CCC(Oc1cccc2c1CCC(=O)N2)N(O)Cc1ccccc1. The number of carbonyl (C=O) groups excluding carboxylic acids is 1. The van der Waals surface area contributed by atoms with Crippen LogP contribution in [-0.2, 0) is 17.8 Å². The summed E-state index contributed by atoms with van der Waals surface area (Å²) in [5.74, 6) is 0.742. The summed E-state index contributed by atoms with van der Waals surface area (Å²) in [6, 6.07) is 15.4. The monoisotopic (exact) mass is 326 g/mol. The lowest BCUT2D eigenvalue weighted by molar-refractivity contribution is -0.193. The number of hydroxylamine groups is 2.